The Labute approximate surface area is 130 Å². The lowest BCUT2D eigenvalue weighted by atomic mass is 10.0. The van der Waals surface area contributed by atoms with E-state index in [1.807, 2.05) is 0 Å². The molecule has 1 aliphatic heterocycles. The number of hydrogen-bond donors (Lipinski definition) is 1. The van der Waals surface area contributed by atoms with Crippen LogP contribution in [0.1, 0.15) is 25.3 Å². The van der Waals surface area contributed by atoms with Gasteiger partial charge in [-0.2, -0.15) is 0 Å². The molecule has 3 rings (SSSR count). The smallest absolute Gasteiger partial charge is 0.245 e. The maximum Gasteiger partial charge on any atom is 0.245 e. The van der Waals surface area contributed by atoms with Crippen LogP contribution in [0.15, 0.2) is 22.7 Å². The SMILES string of the molecule is CC1NC(=O)C(C2CC2)N(Cc2ccc(F)cc2Br)C1=O. The number of carbonyl (C=O) groups excluding carboxylic acids is 2. The van der Waals surface area contributed by atoms with Crippen molar-refractivity contribution in [1.82, 2.24) is 10.2 Å². The molecular formula is C15H16BrFN2O2. The van der Waals surface area contributed by atoms with E-state index in [4.69, 9.17) is 0 Å². The van der Waals surface area contributed by atoms with Crippen LogP contribution in [-0.4, -0.2) is 28.8 Å². The molecule has 1 N–H and O–H groups in total. The van der Waals surface area contributed by atoms with Gasteiger partial charge in [-0.25, -0.2) is 4.39 Å². The first-order chi connectivity index (χ1) is 9.97. The molecule has 0 aromatic heterocycles. The minimum Gasteiger partial charge on any atom is -0.343 e. The third kappa shape index (κ3) is 2.81. The number of amides is 2. The average Bonchev–Trinajstić information content (AvgIpc) is 3.23. The predicted molar refractivity (Wildman–Crippen MR) is 78.8 cm³/mol. The van der Waals surface area contributed by atoms with E-state index in [-0.39, 0.29) is 23.5 Å². The van der Waals surface area contributed by atoms with Crippen LogP contribution in [0, 0.1) is 11.7 Å². The lowest BCUT2D eigenvalue weighted by molar-refractivity contribution is -0.150. The minimum atomic E-state index is -0.508. The molecule has 1 heterocycles. The molecule has 21 heavy (non-hydrogen) atoms. The fourth-order valence-corrected chi connectivity index (χ4v) is 3.25. The van der Waals surface area contributed by atoms with Gasteiger partial charge in [0.1, 0.15) is 17.9 Å². The third-order valence-corrected chi connectivity index (χ3v) is 4.78. The van der Waals surface area contributed by atoms with Gasteiger partial charge in [0.2, 0.25) is 11.8 Å². The lowest BCUT2D eigenvalue weighted by Crippen LogP contribution is -2.62. The fraction of sp³-hybridized carbons (Fsp3) is 0.467. The number of carbonyl (C=O) groups is 2. The van der Waals surface area contributed by atoms with Crippen LogP contribution in [0.2, 0.25) is 0 Å². The molecule has 6 heteroatoms. The first-order valence-corrected chi connectivity index (χ1v) is 7.81. The molecule has 2 amide bonds. The van der Waals surface area contributed by atoms with Gasteiger partial charge >= 0.3 is 0 Å². The summed E-state index contributed by atoms with van der Waals surface area (Å²) in [5.74, 6) is -0.244. The number of hydrogen-bond acceptors (Lipinski definition) is 2. The quantitative estimate of drug-likeness (QED) is 0.904. The van der Waals surface area contributed by atoms with Gasteiger partial charge in [0.25, 0.3) is 0 Å². The average molecular weight is 355 g/mol. The van der Waals surface area contributed by atoms with E-state index in [1.165, 1.54) is 12.1 Å². The Hall–Kier alpha value is -1.43. The van der Waals surface area contributed by atoms with Crippen LogP contribution in [0.5, 0.6) is 0 Å². The molecule has 1 saturated carbocycles. The highest BCUT2D eigenvalue weighted by Gasteiger charge is 2.46. The summed E-state index contributed by atoms with van der Waals surface area (Å²) in [5.41, 5.74) is 0.803. The largest absolute Gasteiger partial charge is 0.343 e. The lowest BCUT2D eigenvalue weighted by Gasteiger charge is -2.38. The molecule has 1 aromatic rings. The first-order valence-electron chi connectivity index (χ1n) is 7.02. The molecule has 1 saturated heterocycles. The molecule has 0 radical (unpaired) electrons. The maximum absolute atomic E-state index is 13.2. The van der Waals surface area contributed by atoms with Gasteiger partial charge < -0.3 is 10.2 Å². The normalized spacial score (nSPS) is 26.0. The highest BCUT2D eigenvalue weighted by atomic mass is 79.9. The van der Waals surface area contributed by atoms with Crippen molar-refractivity contribution in [2.75, 3.05) is 0 Å². The van der Waals surface area contributed by atoms with Crippen molar-refractivity contribution in [2.24, 2.45) is 5.92 Å². The van der Waals surface area contributed by atoms with Gasteiger partial charge in [-0.3, -0.25) is 9.59 Å². The number of nitrogens with one attached hydrogen (secondary N) is 1. The van der Waals surface area contributed by atoms with E-state index in [0.717, 1.165) is 18.4 Å². The zero-order chi connectivity index (χ0) is 15.1. The standard InChI is InChI=1S/C15H16BrFN2O2/c1-8-15(21)19(13(9-2-3-9)14(20)18-8)7-10-4-5-11(17)6-12(10)16/h4-6,8-9,13H,2-3,7H2,1H3,(H,18,20). The Bertz CT molecular complexity index is 603. The van der Waals surface area contributed by atoms with Crippen molar-refractivity contribution in [1.29, 1.82) is 0 Å². The van der Waals surface area contributed by atoms with Gasteiger partial charge in [-0.05, 0) is 43.4 Å². The van der Waals surface area contributed by atoms with E-state index in [2.05, 4.69) is 21.2 Å². The monoisotopic (exact) mass is 354 g/mol. The Morgan fingerprint density at radius 2 is 2.10 bits per heavy atom. The van der Waals surface area contributed by atoms with Crippen LogP contribution in [0.4, 0.5) is 4.39 Å². The van der Waals surface area contributed by atoms with Crippen molar-refractivity contribution < 1.29 is 14.0 Å². The van der Waals surface area contributed by atoms with E-state index >= 15 is 0 Å². The topological polar surface area (TPSA) is 49.4 Å². The number of nitrogens with zero attached hydrogens (tertiary/aromatic N) is 1. The molecule has 112 valence electrons. The first kappa shape index (κ1) is 14.5. The summed E-state index contributed by atoms with van der Waals surface area (Å²) in [6, 6.07) is 3.48. The van der Waals surface area contributed by atoms with Gasteiger partial charge in [0, 0.05) is 11.0 Å². The zero-order valence-electron chi connectivity index (χ0n) is 11.6. The van der Waals surface area contributed by atoms with Crippen molar-refractivity contribution in [3.05, 3.63) is 34.1 Å². The van der Waals surface area contributed by atoms with Gasteiger partial charge in [-0.1, -0.05) is 22.0 Å². The zero-order valence-corrected chi connectivity index (χ0v) is 13.2. The summed E-state index contributed by atoms with van der Waals surface area (Å²) < 4.78 is 13.8. The van der Waals surface area contributed by atoms with Crippen molar-refractivity contribution in [3.8, 4) is 0 Å². The summed E-state index contributed by atoms with van der Waals surface area (Å²) >= 11 is 3.32. The van der Waals surface area contributed by atoms with Crippen LogP contribution < -0.4 is 5.32 Å². The second-order valence-corrected chi connectivity index (χ2v) is 6.57. The number of halogens is 2. The minimum absolute atomic E-state index is 0.0807. The number of benzene rings is 1. The Kier molecular flexibility index (Phi) is 3.73. The van der Waals surface area contributed by atoms with Crippen molar-refractivity contribution in [3.63, 3.8) is 0 Å². The second kappa shape index (κ2) is 5.40. The summed E-state index contributed by atoms with van der Waals surface area (Å²) in [6.07, 6.45) is 1.95. The Balaban J connectivity index is 1.88. The molecule has 2 unspecified atom stereocenters. The fourth-order valence-electron chi connectivity index (χ4n) is 2.78. The summed E-state index contributed by atoms with van der Waals surface area (Å²) in [5, 5.41) is 2.74. The summed E-state index contributed by atoms with van der Waals surface area (Å²) in [7, 11) is 0. The highest BCUT2D eigenvalue weighted by molar-refractivity contribution is 9.10. The molecule has 0 bridgehead atoms. The van der Waals surface area contributed by atoms with Crippen LogP contribution in [-0.2, 0) is 16.1 Å². The summed E-state index contributed by atoms with van der Waals surface area (Å²) in [6.45, 7) is 2.01. The van der Waals surface area contributed by atoms with Gasteiger partial charge in [-0.15, -0.1) is 0 Å². The summed E-state index contributed by atoms with van der Waals surface area (Å²) in [4.78, 5) is 26.3. The van der Waals surface area contributed by atoms with Crippen LogP contribution >= 0.6 is 15.9 Å². The molecule has 2 atom stereocenters. The van der Waals surface area contributed by atoms with E-state index < -0.39 is 12.1 Å². The van der Waals surface area contributed by atoms with Crippen LogP contribution in [0.3, 0.4) is 0 Å². The molecular weight excluding hydrogens is 339 g/mol. The second-order valence-electron chi connectivity index (χ2n) is 5.71. The molecule has 2 aliphatic rings. The van der Waals surface area contributed by atoms with Crippen LogP contribution in [0.25, 0.3) is 0 Å². The van der Waals surface area contributed by atoms with Crippen molar-refractivity contribution >= 4 is 27.7 Å². The van der Waals surface area contributed by atoms with Gasteiger partial charge in [0.15, 0.2) is 0 Å². The van der Waals surface area contributed by atoms with Gasteiger partial charge in [0.05, 0.1) is 0 Å². The van der Waals surface area contributed by atoms with Crippen molar-refractivity contribution in [2.45, 2.75) is 38.4 Å². The Morgan fingerprint density at radius 3 is 2.71 bits per heavy atom. The van der Waals surface area contributed by atoms with E-state index in [0.29, 0.717) is 11.0 Å². The molecule has 4 nitrogen and oxygen atoms in total. The molecule has 2 fully saturated rings. The van der Waals surface area contributed by atoms with E-state index in [9.17, 15) is 14.0 Å². The molecule has 0 spiro atoms. The highest BCUT2D eigenvalue weighted by Crippen LogP contribution is 2.38. The number of piperazine rings is 1. The van der Waals surface area contributed by atoms with E-state index in [1.54, 1.807) is 17.9 Å². The maximum atomic E-state index is 13.2. The molecule has 1 aliphatic carbocycles. The molecule has 1 aromatic carbocycles. The predicted octanol–water partition coefficient (Wildman–Crippen LogP) is 2.21. The Morgan fingerprint density at radius 1 is 1.38 bits per heavy atom. The number of rotatable bonds is 3. The third-order valence-electron chi connectivity index (χ3n) is 4.04.